The average molecular weight is 442 g/mol. The Labute approximate surface area is 186 Å². The zero-order valence-corrected chi connectivity index (χ0v) is 18.4. The van der Waals surface area contributed by atoms with Gasteiger partial charge in [0, 0.05) is 19.4 Å². The van der Waals surface area contributed by atoms with Gasteiger partial charge in [-0.2, -0.15) is 0 Å². The third-order valence-corrected chi connectivity index (χ3v) is 5.03. The van der Waals surface area contributed by atoms with Gasteiger partial charge in [0.25, 0.3) is 0 Å². The molecule has 0 spiro atoms. The van der Waals surface area contributed by atoms with Crippen molar-refractivity contribution < 1.29 is 38.4 Å². The minimum Gasteiger partial charge on any atom is -0.504 e. The molecule has 0 saturated heterocycles. The lowest BCUT2D eigenvalue weighted by Crippen LogP contribution is -2.17. The van der Waals surface area contributed by atoms with E-state index < -0.39 is 12.1 Å². The van der Waals surface area contributed by atoms with Gasteiger partial charge in [0.2, 0.25) is 0 Å². The highest BCUT2D eigenvalue weighted by Gasteiger charge is 2.39. The summed E-state index contributed by atoms with van der Waals surface area (Å²) in [6.45, 7) is 2.95. The minimum atomic E-state index is -0.493. The molecule has 0 bridgehead atoms. The molecule has 2 aromatic carbocycles. The Bertz CT molecular complexity index is 1030. The number of fused-ring (bicyclic) bond motifs is 1. The van der Waals surface area contributed by atoms with Crippen LogP contribution in [0.4, 0.5) is 0 Å². The zero-order valence-electron chi connectivity index (χ0n) is 18.4. The average Bonchev–Trinajstić information content (AvgIpc) is 3.13. The summed E-state index contributed by atoms with van der Waals surface area (Å²) in [6.07, 6.45) is 3.04. The number of methoxy groups -OCH3 is 2. The molecule has 32 heavy (non-hydrogen) atoms. The number of phenols is 1. The molecule has 0 amide bonds. The summed E-state index contributed by atoms with van der Waals surface area (Å²) >= 11 is 0. The maximum absolute atomic E-state index is 11.5. The summed E-state index contributed by atoms with van der Waals surface area (Å²) in [5, 5.41) is 9.95. The quantitative estimate of drug-likeness (QED) is 0.617. The van der Waals surface area contributed by atoms with Gasteiger partial charge in [0.1, 0.15) is 19.3 Å². The third kappa shape index (κ3) is 5.14. The molecule has 2 atom stereocenters. The van der Waals surface area contributed by atoms with E-state index in [-0.39, 0.29) is 30.9 Å². The second kappa shape index (κ2) is 10.1. The second-order valence-electron chi connectivity index (χ2n) is 7.23. The van der Waals surface area contributed by atoms with Crippen LogP contribution in [-0.4, -0.2) is 44.5 Å². The first kappa shape index (κ1) is 23.0. The first-order valence-corrected chi connectivity index (χ1v) is 10.0. The lowest BCUT2D eigenvalue weighted by molar-refractivity contribution is -0.142. The van der Waals surface area contributed by atoms with Gasteiger partial charge in [-0.05, 0) is 41.5 Å². The number of benzene rings is 2. The summed E-state index contributed by atoms with van der Waals surface area (Å²) in [5.41, 5.74) is 2.38. The zero-order chi connectivity index (χ0) is 23.3. The van der Waals surface area contributed by atoms with Crippen molar-refractivity contribution in [3.63, 3.8) is 0 Å². The lowest BCUT2D eigenvalue weighted by Gasteiger charge is -2.20. The Hall–Kier alpha value is -3.68. The van der Waals surface area contributed by atoms with Crippen LogP contribution in [-0.2, 0) is 19.1 Å². The molecular formula is C24H26O8. The number of rotatable bonds is 8. The van der Waals surface area contributed by atoms with E-state index in [0.717, 1.165) is 16.7 Å². The van der Waals surface area contributed by atoms with Crippen molar-refractivity contribution in [2.75, 3.05) is 27.4 Å². The van der Waals surface area contributed by atoms with Crippen molar-refractivity contribution in [1.29, 1.82) is 0 Å². The smallest absolute Gasteiger partial charge is 0.302 e. The van der Waals surface area contributed by atoms with Crippen LogP contribution in [0.5, 0.6) is 23.0 Å². The molecule has 0 aromatic heterocycles. The fraction of sp³-hybridized carbons (Fsp3) is 0.333. The van der Waals surface area contributed by atoms with Gasteiger partial charge in [-0.25, -0.2) is 0 Å². The largest absolute Gasteiger partial charge is 0.504 e. The van der Waals surface area contributed by atoms with Crippen molar-refractivity contribution in [1.82, 2.24) is 0 Å². The van der Waals surface area contributed by atoms with Crippen LogP contribution in [0.25, 0.3) is 6.08 Å². The molecule has 1 aliphatic heterocycles. The molecule has 1 aliphatic rings. The Balaban J connectivity index is 2.00. The van der Waals surface area contributed by atoms with Crippen LogP contribution >= 0.6 is 0 Å². The first-order chi connectivity index (χ1) is 15.3. The molecule has 1 N–H and O–H groups in total. The maximum atomic E-state index is 11.5. The molecular weight excluding hydrogens is 416 g/mol. The molecule has 8 nitrogen and oxygen atoms in total. The van der Waals surface area contributed by atoms with E-state index in [1.807, 2.05) is 18.2 Å². The standard InChI is InChI=1S/C24H26O8/c1-14(25)30-9-5-6-16-10-18-19(13-31-15(2)26)23(32-24(18)22(11-16)29-4)17-7-8-20(27)21(12-17)28-3/h5-8,10-12,19,23,27H,9,13H2,1-4H3/b6-5+/t19-,23-/m0/s1. The number of esters is 2. The van der Waals surface area contributed by atoms with Crippen molar-refractivity contribution in [2.24, 2.45) is 0 Å². The van der Waals surface area contributed by atoms with Crippen molar-refractivity contribution >= 4 is 18.0 Å². The predicted molar refractivity (Wildman–Crippen MR) is 116 cm³/mol. The normalized spacial score (nSPS) is 16.9. The van der Waals surface area contributed by atoms with Gasteiger partial charge in [0.05, 0.1) is 20.1 Å². The van der Waals surface area contributed by atoms with Crippen LogP contribution in [0.2, 0.25) is 0 Å². The van der Waals surface area contributed by atoms with E-state index >= 15 is 0 Å². The summed E-state index contributed by atoms with van der Waals surface area (Å²) in [7, 11) is 3.01. The van der Waals surface area contributed by atoms with E-state index in [2.05, 4.69) is 0 Å². The lowest BCUT2D eigenvalue weighted by atomic mass is 9.90. The highest BCUT2D eigenvalue weighted by Crippen LogP contribution is 2.51. The topological polar surface area (TPSA) is 101 Å². The Morgan fingerprint density at radius 2 is 1.75 bits per heavy atom. The Morgan fingerprint density at radius 1 is 1.03 bits per heavy atom. The first-order valence-electron chi connectivity index (χ1n) is 10.0. The minimum absolute atomic E-state index is 0.0149. The fourth-order valence-electron chi connectivity index (χ4n) is 3.57. The van der Waals surface area contributed by atoms with Crippen molar-refractivity contribution in [2.45, 2.75) is 25.9 Å². The molecule has 170 valence electrons. The van der Waals surface area contributed by atoms with E-state index in [1.54, 1.807) is 25.3 Å². The van der Waals surface area contributed by atoms with Crippen molar-refractivity contribution in [3.05, 3.63) is 53.1 Å². The highest BCUT2D eigenvalue weighted by molar-refractivity contribution is 5.67. The number of phenolic OH excluding ortho intramolecular Hbond substituents is 1. The number of ether oxygens (including phenoxy) is 5. The molecule has 3 rings (SSSR count). The van der Waals surface area contributed by atoms with E-state index in [0.29, 0.717) is 17.2 Å². The van der Waals surface area contributed by atoms with Gasteiger partial charge < -0.3 is 28.8 Å². The second-order valence-corrected chi connectivity index (χ2v) is 7.23. The number of hydrogen-bond donors (Lipinski definition) is 1. The van der Waals surface area contributed by atoms with E-state index in [1.165, 1.54) is 27.0 Å². The summed E-state index contributed by atoms with van der Waals surface area (Å²) in [5.74, 6) is 0.330. The summed E-state index contributed by atoms with van der Waals surface area (Å²) in [4.78, 5) is 22.5. The van der Waals surface area contributed by atoms with Gasteiger partial charge >= 0.3 is 11.9 Å². The van der Waals surface area contributed by atoms with Gasteiger partial charge in [-0.3, -0.25) is 9.59 Å². The van der Waals surface area contributed by atoms with Crippen molar-refractivity contribution in [3.8, 4) is 23.0 Å². The van der Waals surface area contributed by atoms with Crippen LogP contribution in [0, 0.1) is 0 Å². The number of aromatic hydroxyl groups is 1. The number of carbonyl (C=O) groups excluding carboxylic acids is 2. The van der Waals surface area contributed by atoms with Crippen LogP contribution in [0.15, 0.2) is 36.4 Å². The van der Waals surface area contributed by atoms with E-state index in [9.17, 15) is 14.7 Å². The predicted octanol–water partition coefficient (Wildman–Crippen LogP) is 3.77. The molecule has 0 saturated carbocycles. The molecule has 2 aromatic rings. The number of carbonyl (C=O) groups is 2. The molecule has 1 heterocycles. The number of hydrogen-bond acceptors (Lipinski definition) is 8. The fourth-order valence-corrected chi connectivity index (χ4v) is 3.57. The van der Waals surface area contributed by atoms with Gasteiger partial charge in [0.15, 0.2) is 23.0 Å². The summed E-state index contributed by atoms with van der Waals surface area (Å²) < 4.78 is 27.3. The highest BCUT2D eigenvalue weighted by atomic mass is 16.5. The molecule has 0 unspecified atom stereocenters. The van der Waals surface area contributed by atoms with Crippen LogP contribution in [0.3, 0.4) is 0 Å². The summed E-state index contributed by atoms with van der Waals surface area (Å²) in [6, 6.07) is 8.70. The van der Waals surface area contributed by atoms with Crippen LogP contribution in [0.1, 0.15) is 42.6 Å². The van der Waals surface area contributed by atoms with Crippen LogP contribution < -0.4 is 14.2 Å². The third-order valence-electron chi connectivity index (χ3n) is 5.03. The maximum Gasteiger partial charge on any atom is 0.302 e. The van der Waals surface area contributed by atoms with Gasteiger partial charge in [-0.15, -0.1) is 0 Å². The molecule has 0 fully saturated rings. The molecule has 0 aliphatic carbocycles. The monoisotopic (exact) mass is 442 g/mol. The molecule has 0 radical (unpaired) electrons. The molecule has 8 heteroatoms. The SMILES string of the molecule is COc1cc([C@@H]2Oc3c(OC)cc(/C=C/COC(C)=O)cc3[C@@H]2COC(C)=O)ccc1O. The van der Waals surface area contributed by atoms with E-state index in [4.69, 9.17) is 23.7 Å². The van der Waals surface area contributed by atoms with Gasteiger partial charge in [-0.1, -0.05) is 12.1 Å². The Kier molecular flexibility index (Phi) is 7.25. The Morgan fingerprint density at radius 3 is 2.41 bits per heavy atom.